The van der Waals surface area contributed by atoms with Gasteiger partial charge in [0.2, 0.25) is 0 Å². The van der Waals surface area contributed by atoms with Crippen molar-refractivity contribution in [2.45, 2.75) is 13.3 Å². The average Bonchev–Trinajstić information content (AvgIpc) is 2.18. The Morgan fingerprint density at radius 1 is 1.31 bits per heavy atom. The molecule has 0 aliphatic rings. The van der Waals surface area contributed by atoms with Gasteiger partial charge in [0.25, 0.3) is 0 Å². The summed E-state index contributed by atoms with van der Waals surface area (Å²) in [5.74, 6) is 0. The number of hydrogen-bond acceptors (Lipinski definition) is 1. The monoisotopic (exact) mass is 235 g/mol. The Morgan fingerprint density at radius 2 is 2.15 bits per heavy atom. The van der Waals surface area contributed by atoms with Gasteiger partial charge >= 0.3 is 0 Å². The lowest BCUT2D eigenvalue weighted by atomic mass is 10.1. The van der Waals surface area contributed by atoms with Gasteiger partial charge in [0.05, 0.1) is 0 Å². The first kappa shape index (κ1) is 8.70. The molecule has 0 unspecified atom stereocenters. The average molecular weight is 236 g/mol. The number of aryl methyl sites for hydroxylation is 1. The van der Waals surface area contributed by atoms with E-state index in [0.717, 1.165) is 10.9 Å². The molecule has 2 heteroatoms. The molecule has 0 saturated carbocycles. The molecular formula is C11H10BrN. The predicted molar refractivity (Wildman–Crippen MR) is 58.8 cm³/mol. The highest BCUT2D eigenvalue weighted by Gasteiger charge is 1.98. The Bertz CT molecular complexity index is 437. The standard InChI is InChI=1S/C11H10BrN/c1-2-8-3-4-9-6-13-7-11(12)10(9)5-8/h3-7H,2H2,1H3. The maximum Gasteiger partial charge on any atom is 0.0437 e. The predicted octanol–water partition coefficient (Wildman–Crippen LogP) is 3.56. The summed E-state index contributed by atoms with van der Waals surface area (Å²) in [6.07, 6.45) is 4.80. The molecule has 0 N–H and O–H groups in total. The first-order chi connectivity index (χ1) is 6.31. The van der Waals surface area contributed by atoms with Crippen LogP contribution in [0.4, 0.5) is 0 Å². The fourth-order valence-corrected chi connectivity index (χ4v) is 1.86. The summed E-state index contributed by atoms with van der Waals surface area (Å²) in [7, 11) is 0. The van der Waals surface area contributed by atoms with Crippen molar-refractivity contribution in [3.63, 3.8) is 0 Å². The van der Waals surface area contributed by atoms with E-state index in [1.807, 2.05) is 12.4 Å². The minimum atomic E-state index is 1.07. The molecular weight excluding hydrogens is 226 g/mol. The van der Waals surface area contributed by atoms with E-state index >= 15 is 0 Å². The maximum absolute atomic E-state index is 4.12. The van der Waals surface area contributed by atoms with Crippen molar-refractivity contribution in [2.24, 2.45) is 0 Å². The lowest BCUT2D eigenvalue weighted by Gasteiger charge is -2.02. The number of halogens is 1. The van der Waals surface area contributed by atoms with E-state index < -0.39 is 0 Å². The Balaban J connectivity index is 2.74. The molecule has 1 aromatic heterocycles. The molecule has 1 nitrogen and oxygen atoms in total. The van der Waals surface area contributed by atoms with E-state index in [1.54, 1.807) is 0 Å². The highest BCUT2D eigenvalue weighted by molar-refractivity contribution is 9.10. The largest absolute Gasteiger partial charge is 0.263 e. The van der Waals surface area contributed by atoms with E-state index in [2.05, 4.69) is 46.0 Å². The first-order valence-electron chi connectivity index (χ1n) is 4.33. The van der Waals surface area contributed by atoms with E-state index in [0.29, 0.717) is 0 Å². The van der Waals surface area contributed by atoms with Crippen LogP contribution in [0.1, 0.15) is 12.5 Å². The van der Waals surface area contributed by atoms with Gasteiger partial charge in [-0.3, -0.25) is 4.98 Å². The number of hydrogen-bond donors (Lipinski definition) is 0. The van der Waals surface area contributed by atoms with Crippen LogP contribution in [-0.2, 0) is 6.42 Å². The van der Waals surface area contributed by atoms with Gasteiger partial charge in [0, 0.05) is 22.3 Å². The summed E-state index contributed by atoms with van der Waals surface area (Å²) < 4.78 is 1.07. The zero-order chi connectivity index (χ0) is 9.26. The molecule has 0 fully saturated rings. The van der Waals surface area contributed by atoms with Crippen molar-refractivity contribution >= 4 is 26.7 Å². The van der Waals surface area contributed by atoms with Gasteiger partial charge in [0.15, 0.2) is 0 Å². The molecule has 2 rings (SSSR count). The topological polar surface area (TPSA) is 12.9 Å². The molecule has 0 radical (unpaired) electrons. The van der Waals surface area contributed by atoms with Crippen LogP contribution in [-0.4, -0.2) is 4.98 Å². The fraction of sp³-hybridized carbons (Fsp3) is 0.182. The third-order valence-electron chi connectivity index (χ3n) is 2.18. The van der Waals surface area contributed by atoms with Crippen LogP contribution in [0.25, 0.3) is 10.8 Å². The SMILES string of the molecule is CCc1ccc2cncc(Br)c2c1. The summed E-state index contributed by atoms with van der Waals surface area (Å²) in [4.78, 5) is 4.12. The minimum Gasteiger partial charge on any atom is -0.263 e. The van der Waals surface area contributed by atoms with Crippen LogP contribution in [0.5, 0.6) is 0 Å². The summed E-state index contributed by atoms with van der Waals surface area (Å²) >= 11 is 3.50. The number of pyridine rings is 1. The lowest BCUT2D eigenvalue weighted by molar-refractivity contribution is 1.14. The second kappa shape index (κ2) is 3.46. The molecule has 2 aromatic rings. The van der Waals surface area contributed by atoms with Gasteiger partial charge < -0.3 is 0 Å². The highest BCUT2D eigenvalue weighted by Crippen LogP contribution is 2.23. The first-order valence-corrected chi connectivity index (χ1v) is 5.12. The van der Waals surface area contributed by atoms with Crippen molar-refractivity contribution in [1.82, 2.24) is 4.98 Å². The number of benzene rings is 1. The maximum atomic E-state index is 4.12. The summed E-state index contributed by atoms with van der Waals surface area (Å²) in [5.41, 5.74) is 1.36. The summed E-state index contributed by atoms with van der Waals surface area (Å²) in [5, 5.41) is 2.43. The molecule has 0 saturated heterocycles. The second-order valence-electron chi connectivity index (χ2n) is 3.03. The van der Waals surface area contributed by atoms with E-state index in [9.17, 15) is 0 Å². The van der Waals surface area contributed by atoms with E-state index in [4.69, 9.17) is 0 Å². The van der Waals surface area contributed by atoms with Crippen LogP contribution >= 0.6 is 15.9 Å². The molecule has 0 spiro atoms. The smallest absolute Gasteiger partial charge is 0.0437 e. The molecule has 0 aliphatic carbocycles. The third kappa shape index (κ3) is 1.59. The number of aromatic nitrogens is 1. The van der Waals surface area contributed by atoms with Gasteiger partial charge in [-0.15, -0.1) is 0 Å². The summed E-state index contributed by atoms with van der Waals surface area (Å²) in [6, 6.07) is 6.48. The molecule has 0 atom stereocenters. The molecule has 0 aliphatic heterocycles. The zero-order valence-electron chi connectivity index (χ0n) is 7.42. The normalized spacial score (nSPS) is 10.6. The van der Waals surface area contributed by atoms with Gasteiger partial charge in [0.1, 0.15) is 0 Å². The molecule has 1 heterocycles. The van der Waals surface area contributed by atoms with Crippen LogP contribution in [0.15, 0.2) is 35.1 Å². The third-order valence-corrected chi connectivity index (χ3v) is 2.82. The lowest BCUT2D eigenvalue weighted by Crippen LogP contribution is -1.82. The van der Waals surface area contributed by atoms with Crippen molar-refractivity contribution in [3.8, 4) is 0 Å². The number of nitrogens with zero attached hydrogens (tertiary/aromatic N) is 1. The molecule has 66 valence electrons. The highest BCUT2D eigenvalue weighted by atomic mass is 79.9. The van der Waals surface area contributed by atoms with E-state index in [-0.39, 0.29) is 0 Å². The minimum absolute atomic E-state index is 1.07. The Morgan fingerprint density at radius 3 is 2.92 bits per heavy atom. The molecule has 13 heavy (non-hydrogen) atoms. The van der Waals surface area contributed by atoms with Crippen LogP contribution in [0.2, 0.25) is 0 Å². The fourth-order valence-electron chi connectivity index (χ4n) is 1.40. The number of rotatable bonds is 1. The van der Waals surface area contributed by atoms with Crippen LogP contribution in [0.3, 0.4) is 0 Å². The van der Waals surface area contributed by atoms with Gasteiger partial charge in [-0.2, -0.15) is 0 Å². The van der Waals surface area contributed by atoms with Crippen molar-refractivity contribution in [2.75, 3.05) is 0 Å². The molecule has 1 aromatic carbocycles. The van der Waals surface area contributed by atoms with Crippen molar-refractivity contribution < 1.29 is 0 Å². The number of fused-ring (bicyclic) bond motifs is 1. The van der Waals surface area contributed by atoms with Gasteiger partial charge in [-0.25, -0.2) is 0 Å². The zero-order valence-corrected chi connectivity index (χ0v) is 9.01. The van der Waals surface area contributed by atoms with Crippen LogP contribution < -0.4 is 0 Å². The van der Waals surface area contributed by atoms with Crippen LogP contribution in [0, 0.1) is 0 Å². The van der Waals surface area contributed by atoms with E-state index in [1.165, 1.54) is 16.3 Å². The van der Waals surface area contributed by atoms with Gasteiger partial charge in [-0.05, 0) is 39.4 Å². The quantitative estimate of drug-likeness (QED) is 0.737. The Hall–Kier alpha value is -0.890. The molecule has 0 bridgehead atoms. The second-order valence-corrected chi connectivity index (χ2v) is 3.88. The van der Waals surface area contributed by atoms with Crippen molar-refractivity contribution in [1.29, 1.82) is 0 Å². The summed E-state index contributed by atoms with van der Waals surface area (Å²) in [6.45, 7) is 2.16. The Labute approximate surface area is 85.9 Å². The van der Waals surface area contributed by atoms with Crippen molar-refractivity contribution in [3.05, 3.63) is 40.6 Å². The molecule has 0 amide bonds. The Kier molecular flexibility index (Phi) is 2.32. The van der Waals surface area contributed by atoms with Gasteiger partial charge in [-0.1, -0.05) is 19.1 Å².